The van der Waals surface area contributed by atoms with Crippen molar-refractivity contribution in [2.24, 2.45) is 5.92 Å². The summed E-state index contributed by atoms with van der Waals surface area (Å²) in [6.45, 7) is 9.01. The van der Waals surface area contributed by atoms with Crippen molar-refractivity contribution in [1.82, 2.24) is 20.9 Å². The van der Waals surface area contributed by atoms with E-state index >= 15 is 0 Å². The second-order valence-electron chi connectivity index (χ2n) is 12.4. The van der Waals surface area contributed by atoms with Gasteiger partial charge in [0.1, 0.15) is 11.8 Å². The van der Waals surface area contributed by atoms with Crippen molar-refractivity contribution in [3.8, 4) is 5.75 Å². The lowest BCUT2D eigenvalue weighted by Gasteiger charge is -2.37. The topological polar surface area (TPSA) is 99.8 Å². The normalized spacial score (nSPS) is 15.1. The molecule has 1 fully saturated rings. The number of ether oxygens (including phenoxy) is 1. The van der Waals surface area contributed by atoms with Crippen molar-refractivity contribution >= 4 is 17.8 Å². The van der Waals surface area contributed by atoms with E-state index in [-0.39, 0.29) is 42.5 Å². The average Bonchev–Trinajstić information content (AvgIpc) is 3.01. The second-order valence-corrected chi connectivity index (χ2v) is 12.4. The third-order valence-corrected chi connectivity index (χ3v) is 8.33. The first-order valence-electron chi connectivity index (χ1n) is 16.1. The van der Waals surface area contributed by atoms with Gasteiger partial charge in [-0.3, -0.25) is 9.59 Å². The summed E-state index contributed by atoms with van der Waals surface area (Å²) in [7, 11) is 0. The number of urea groups is 1. The molecule has 0 spiro atoms. The summed E-state index contributed by atoms with van der Waals surface area (Å²) in [5.74, 6) is 0.361. The van der Waals surface area contributed by atoms with E-state index in [9.17, 15) is 14.4 Å². The van der Waals surface area contributed by atoms with Gasteiger partial charge in [0.25, 0.3) is 5.91 Å². The van der Waals surface area contributed by atoms with E-state index in [0.29, 0.717) is 38.8 Å². The van der Waals surface area contributed by atoms with Gasteiger partial charge in [0.2, 0.25) is 5.91 Å². The number of nitrogens with one attached hydrogen (secondary N) is 3. The average molecular weight is 613 g/mol. The molecule has 3 aromatic carbocycles. The smallest absolute Gasteiger partial charge is 0.318 e. The Morgan fingerprint density at radius 2 is 1.38 bits per heavy atom. The first kappa shape index (κ1) is 33.6. The molecule has 0 aliphatic carbocycles. The Labute approximate surface area is 267 Å². The number of carbonyl (C=O) groups excluding carboxylic acids is 3. The highest BCUT2D eigenvalue weighted by atomic mass is 16.5. The molecule has 0 aromatic heterocycles. The fourth-order valence-electron chi connectivity index (χ4n) is 6.09. The highest BCUT2D eigenvalue weighted by molar-refractivity contribution is 5.87. The number of nitrogens with zero attached hydrogens (tertiary/aromatic N) is 1. The van der Waals surface area contributed by atoms with E-state index in [2.05, 4.69) is 40.2 Å². The van der Waals surface area contributed by atoms with E-state index in [0.717, 1.165) is 34.4 Å². The Balaban J connectivity index is 1.48. The number of hydrogen-bond acceptors (Lipinski definition) is 4. The van der Waals surface area contributed by atoms with E-state index in [1.54, 1.807) is 4.90 Å². The molecule has 1 aliphatic heterocycles. The minimum Gasteiger partial charge on any atom is -0.483 e. The number of amides is 4. The quantitative estimate of drug-likeness (QED) is 0.215. The third kappa shape index (κ3) is 10.1. The summed E-state index contributed by atoms with van der Waals surface area (Å²) in [4.78, 5) is 41.3. The molecule has 0 radical (unpaired) electrons. The second kappa shape index (κ2) is 16.7. The number of carbonyl (C=O) groups is 3. The zero-order chi connectivity index (χ0) is 32.2. The first-order chi connectivity index (χ1) is 21.7. The molecule has 4 amide bonds. The van der Waals surface area contributed by atoms with Gasteiger partial charge in [-0.2, -0.15) is 0 Å². The predicted molar refractivity (Wildman–Crippen MR) is 178 cm³/mol. The van der Waals surface area contributed by atoms with E-state index in [1.807, 2.05) is 82.3 Å². The summed E-state index contributed by atoms with van der Waals surface area (Å²) < 4.78 is 5.95. The van der Waals surface area contributed by atoms with Crippen LogP contribution in [0.5, 0.6) is 5.75 Å². The van der Waals surface area contributed by atoms with Crippen LogP contribution in [-0.2, 0) is 22.4 Å². The lowest BCUT2D eigenvalue weighted by molar-refractivity contribution is -0.128. The van der Waals surface area contributed by atoms with Crippen LogP contribution in [0.25, 0.3) is 0 Å². The van der Waals surface area contributed by atoms with Gasteiger partial charge in [-0.1, -0.05) is 92.7 Å². The van der Waals surface area contributed by atoms with Crippen molar-refractivity contribution in [2.45, 2.75) is 77.9 Å². The minimum atomic E-state index is -0.564. The maximum absolute atomic E-state index is 13.8. The van der Waals surface area contributed by atoms with Crippen molar-refractivity contribution in [1.29, 1.82) is 0 Å². The summed E-state index contributed by atoms with van der Waals surface area (Å²) in [6, 6.07) is 25.0. The van der Waals surface area contributed by atoms with E-state index in [1.165, 1.54) is 0 Å². The molecule has 0 unspecified atom stereocenters. The molecule has 1 aliphatic rings. The van der Waals surface area contributed by atoms with Gasteiger partial charge in [0.15, 0.2) is 6.61 Å². The highest BCUT2D eigenvalue weighted by Crippen LogP contribution is 2.22. The third-order valence-electron chi connectivity index (χ3n) is 8.33. The number of aryl methyl sites for hydroxylation is 2. The molecule has 3 N–H and O–H groups in total. The molecule has 240 valence electrons. The monoisotopic (exact) mass is 612 g/mol. The molecule has 45 heavy (non-hydrogen) atoms. The SMILES string of the molecule is Cc1cccc(C)c1OCC(=O)N[C@H](CC[C@H](Cc1ccccc1)NC(=O)[C@H](C(C)C)N1CCCNC1=O)Cc1ccccc1. The highest BCUT2D eigenvalue weighted by Gasteiger charge is 2.34. The number of rotatable bonds is 15. The lowest BCUT2D eigenvalue weighted by Crippen LogP contribution is -2.59. The van der Waals surface area contributed by atoms with Crippen LogP contribution in [0.2, 0.25) is 0 Å². The molecule has 8 nitrogen and oxygen atoms in total. The fourth-order valence-corrected chi connectivity index (χ4v) is 6.09. The number of benzene rings is 3. The van der Waals surface area contributed by atoms with E-state index < -0.39 is 6.04 Å². The van der Waals surface area contributed by atoms with Gasteiger partial charge in [0.05, 0.1) is 0 Å². The van der Waals surface area contributed by atoms with Crippen LogP contribution in [0.15, 0.2) is 78.9 Å². The fraction of sp³-hybridized carbons (Fsp3) is 0.432. The summed E-state index contributed by atoms with van der Waals surface area (Å²) >= 11 is 0. The number of para-hydroxylation sites is 1. The first-order valence-corrected chi connectivity index (χ1v) is 16.1. The molecule has 1 saturated heterocycles. The van der Waals surface area contributed by atoms with Crippen molar-refractivity contribution in [3.63, 3.8) is 0 Å². The van der Waals surface area contributed by atoms with Crippen LogP contribution < -0.4 is 20.7 Å². The molecular formula is C37H48N4O4. The molecule has 8 heteroatoms. The summed E-state index contributed by atoms with van der Waals surface area (Å²) in [5.41, 5.74) is 4.22. The van der Waals surface area contributed by atoms with Crippen LogP contribution in [0.4, 0.5) is 4.79 Å². The Morgan fingerprint density at radius 3 is 1.91 bits per heavy atom. The zero-order valence-corrected chi connectivity index (χ0v) is 27.1. The van der Waals surface area contributed by atoms with Gasteiger partial charge in [-0.15, -0.1) is 0 Å². The Kier molecular flexibility index (Phi) is 12.4. The molecule has 4 rings (SSSR count). The van der Waals surface area contributed by atoms with Crippen LogP contribution >= 0.6 is 0 Å². The van der Waals surface area contributed by atoms with Crippen molar-refractivity contribution in [2.75, 3.05) is 19.7 Å². The maximum atomic E-state index is 13.8. The van der Waals surface area contributed by atoms with Gasteiger partial charge < -0.3 is 25.6 Å². The molecule has 0 bridgehead atoms. The number of hydrogen-bond donors (Lipinski definition) is 3. The van der Waals surface area contributed by atoms with Crippen LogP contribution in [0.3, 0.4) is 0 Å². The summed E-state index contributed by atoms with van der Waals surface area (Å²) in [5, 5.41) is 9.39. The van der Waals surface area contributed by atoms with Gasteiger partial charge in [0, 0.05) is 25.2 Å². The lowest BCUT2D eigenvalue weighted by atomic mass is 9.94. The van der Waals surface area contributed by atoms with Gasteiger partial charge >= 0.3 is 6.03 Å². The predicted octanol–water partition coefficient (Wildman–Crippen LogP) is 5.36. The Morgan fingerprint density at radius 1 is 0.822 bits per heavy atom. The van der Waals surface area contributed by atoms with Crippen LogP contribution in [0.1, 0.15) is 55.4 Å². The molecule has 1 heterocycles. The summed E-state index contributed by atoms with van der Waals surface area (Å²) in [6.07, 6.45) is 3.41. The standard InChI is InChI=1S/C37H48N4O4/c1-26(2)34(41-22-12-21-38-37(41)44)36(43)40-32(24-30-17-9-6-10-18-30)20-19-31(23-29-15-7-5-8-16-29)39-33(42)25-45-35-27(3)13-11-14-28(35)4/h5-11,13-18,26,31-32,34H,12,19-25H2,1-4H3,(H,38,44)(H,39,42)(H,40,43)/t31-,32-,34+/m1/s1. The van der Waals surface area contributed by atoms with Crippen LogP contribution in [-0.4, -0.2) is 60.6 Å². The van der Waals surface area contributed by atoms with Crippen molar-refractivity contribution < 1.29 is 19.1 Å². The van der Waals surface area contributed by atoms with Crippen molar-refractivity contribution in [3.05, 3.63) is 101 Å². The maximum Gasteiger partial charge on any atom is 0.318 e. The van der Waals surface area contributed by atoms with Crippen LogP contribution in [0, 0.1) is 19.8 Å². The Bertz CT molecular complexity index is 1380. The molecular weight excluding hydrogens is 564 g/mol. The molecule has 3 atom stereocenters. The molecule has 3 aromatic rings. The van der Waals surface area contributed by atoms with Gasteiger partial charge in [-0.05, 0) is 74.1 Å². The zero-order valence-electron chi connectivity index (χ0n) is 27.1. The minimum absolute atomic E-state index is 0.0479. The molecule has 0 saturated carbocycles. The Hall–Kier alpha value is -4.33. The van der Waals surface area contributed by atoms with E-state index in [4.69, 9.17) is 4.74 Å². The van der Waals surface area contributed by atoms with Gasteiger partial charge in [-0.25, -0.2) is 4.79 Å². The largest absolute Gasteiger partial charge is 0.483 e.